The third-order valence-corrected chi connectivity index (χ3v) is 2.60. The molecule has 0 spiro atoms. The predicted molar refractivity (Wildman–Crippen MR) is 69.0 cm³/mol. The third-order valence-electron chi connectivity index (χ3n) is 2.60. The molecule has 0 N–H and O–H groups in total. The number of methoxy groups -OCH3 is 1. The summed E-state index contributed by atoms with van der Waals surface area (Å²) in [6.45, 7) is 2.02. The van der Waals surface area contributed by atoms with Crippen LogP contribution in [-0.4, -0.2) is 24.7 Å². The Kier molecular flexibility index (Phi) is 3.62. The van der Waals surface area contributed by atoms with Gasteiger partial charge in [0.25, 0.3) is 0 Å². The molecule has 0 aliphatic carbocycles. The minimum absolute atomic E-state index is 0.195. The number of aromatic nitrogens is 1. The first kappa shape index (κ1) is 12.8. The summed E-state index contributed by atoms with van der Waals surface area (Å²) in [5.74, 6) is -0.279. The molecule has 2 aromatic rings. The van der Waals surface area contributed by atoms with E-state index in [4.69, 9.17) is 14.7 Å². The summed E-state index contributed by atoms with van der Waals surface area (Å²) >= 11 is 0. The zero-order chi connectivity index (χ0) is 13.8. The second-order valence-electron chi connectivity index (χ2n) is 3.78. The van der Waals surface area contributed by atoms with E-state index >= 15 is 0 Å². The van der Waals surface area contributed by atoms with Crippen LogP contribution in [0.5, 0.6) is 5.88 Å². The summed E-state index contributed by atoms with van der Waals surface area (Å²) in [6.07, 6.45) is 0. The predicted octanol–water partition coefficient (Wildman–Crippen LogP) is 2.29. The number of pyridine rings is 1. The number of rotatable bonds is 3. The highest BCUT2D eigenvalue weighted by molar-refractivity contribution is 5.96. The maximum atomic E-state index is 11.8. The molecule has 1 heterocycles. The molecule has 0 unspecified atom stereocenters. The van der Waals surface area contributed by atoms with E-state index in [1.165, 1.54) is 7.11 Å². The highest BCUT2D eigenvalue weighted by Crippen LogP contribution is 2.23. The van der Waals surface area contributed by atoms with Crippen LogP contribution in [0, 0.1) is 11.3 Å². The first-order valence-corrected chi connectivity index (χ1v) is 5.75. The minimum atomic E-state index is -0.474. The van der Waals surface area contributed by atoms with E-state index in [-0.39, 0.29) is 18.1 Å². The topological polar surface area (TPSA) is 72.2 Å². The van der Waals surface area contributed by atoms with Gasteiger partial charge in [0, 0.05) is 5.39 Å². The number of hydrogen-bond donors (Lipinski definition) is 0. The third kappa shape index (κ3) is 2.47. The summed E-state index contributed by atoms with van der Waals surface area (Å²) < 4.78 is 10.1. The van der Waals surface area contributed by atoms with Crippen molar-refractivity contribution in [2.24, 2.45) is 0 Å². The molecule has 0 aliphatic rings. The quantitative estimate of drug-likeness (QED) is 0.788. The van der Waals surface area contributed by atoms with Crippen LogP contribution in [-0.2, 0) is 4.74 Å². The van der Waals surface area contributed by atoms with Gasteiger partial charge in [0.1, 0.15) is 5.56 Å². The number of carbonyl (C=O) groups excluding carboxylic acids is 1. The van der Waals surface area contributed by atoms with Gasteiger partial charge in [-0.25, -0.2) is 9.78 Å². The molecule has 0 saturated heterocycles. The number of esters is 1. The molecule has 0 saturated carbocycles. The van der Waals surface area contributed by atoms with Gasteiger partial charge in [-0.3, -0.25) is 0 Å². The Morgan fingerprint density at radius 2 is 2.21 bits per heavy atom. The summed E-state index contributed by atoms with van der Waals surface area (Å²) in [5.41, 5.74) is 1.39. The first-order chi connectivity index (χ1) is 9.19. The molecule has 2 rings (SSSR count). The van der Waals surface area contributed by atoms with Crippen molar-refractivity contribution in [1.29, 1.82) is 5.26 Å². The Morgan fingerprint density at radius 1 is 1.42 bits per heavy atom. The second-order valence-corrected chi connectivity index (χ2v) is 3.78. The van der Waals surface area contributed by atoms with Crippen molar-refractivity contribution in [1.82, 2.24) is 4.98 Å². The Balaban J connectivity index is 2.60. The van der Waals surface area contributed by atoms with Gasteiger partial charge in [-0.2, -0.15) is 5.26 Å². The van der Waals surface area contributed by atoms with Gasteiger partial charge in [-0.15, -0.1) is 0 Å². The zero-order valence-corrected chi connectivity index (χ0v) is 10.6. The molecule has 0 atom stereocenters. The number of fused-ring (bicyclic) bond motifs is 1. The van der Waals surface area contributed by atoms with Gasteiger partial charge >= 0.3 is 5.97 Å². The number of ether oxygens (including phenoxy) is 2. The molecule has 96 valence electrons. The first-order valence-electron chi connectivity index (χ1n) is 5.75. The fraction of sp³-hybridized carbons (Fsp3) is 0.214. The normalized spacial score (nSPS) is 9.95. The van der Waals surface area contributed by atoms with Gasteiger partial charge in [-0.05, 0) is 25.1 Å². The van der Waals surface area contributed by atoms with Crippen molar-refractivity contribution in [3.05, 3.63) is 35.4 Å². The van der Waals surface area contributed by atoms with Crippen LogP contribution >= 0.6 is 0 Å². The van der Waals surface area contributed by atoms with Gasteiger partial charge < -0.3 is 9.47 Å². The average molecular weight is 256 g/mol. The standard InChI is InChI=1S/C14H12N2O3/c1-3-19-14(17)11-7-10-5-4-9(8-15)6-12(10)16-13(11)18-2/h4-7H,3H2,1-2H3. The van der Waals surface area contributed by atoms with E-state index in [9.17, 15) is 4.79 Å². The smallest absolute Gasteiger partial charge is 0.343 e. The molecule has 0 amide bonds. The highest BCUT2D eigenvalue weighted by Gasteiger charge is 2.16. The van der Waals surface area contributed by atoms with E-state index in [1.807, 2.05) is 6.07 Å². The average Bonchev–Trinajstić information content (AvgIpc) is 2.45. The summed E-state index contributed by atoms with van der Waals surface area (Å²) in [7, 11) is 1.44. The Bertz CT molecular complexity index is 674. The van der Waals surface area contributed by atoms with Gasteiger partial charge in [-0.1, -0.05) is 6.07 Å². The van der Waals surface area contributed by atoms with Crippen LogP contribution in [0.2, 0.25) is 0 Å². The van der Waals surface area contributed by atoms with Crippen molar-refractivity contribution in [2.75, 3.05) is 13.7 Å². The molecular formula is C14H12N2O3. The molecule has 5 heteroatoms. The molecule has 5 nitrogen and oxygen atoms in total. The summed E-state index contributed by atoms with van der Waals surface area (Å²) in [4.78, 5) is 16.0. The molecular weight excluding hydrogens is 244 g/mol. The minimum Gasteiger partial charge on any atom is -0.480 e. The Hall–Kier alpha value is -2.61. The van der Waals surface area contributed by atoms with E-state index in [0.717, 1.165) is 5.39 Å². The molecule has 0 bridgehead atoms. The highest BCUT2D eigenvalue weighted by atomic mass is 16.5. The molecule has 0 radical (unpaired) electrons. The van der Waals surface area contributed by atoms with Gasteiger partial charge in [0.05, 0.1) is 30.9 Å². The Labute approximate surface area is 110 Å². The molecule has 0 aliphatic heterocycles. The van der Waals surface area contributed by atoms with Crippen LogP contribution in [0.1, 0.15) is 22.8 Å². The number of benzene rings is 1. The number of carbonyl (C=O) groups is 1. The van der Waals surface area contributed by atoms with E-state index in [1.54, 1.807) is 31.2 Å². The van der Waals surface area contributed by atoms with E-state index in [2.05, 4.69) is 4.98 Å². The lowest BCUT2D eigenvalue weighted by atomic mass is 10.1. The fourth-order valence-corrected chi connectivity index (χ4v) is 1.73. The van der Waals surface area contributed by atoms with Crippen LogP contribution in [0.25, 0.3) is 10.9 Å². The lowest BCUT2D eigenvalue weighted by Gasteiger charge is -2.08. The van der Waals surface area contributed by atoms with Crippen molar-refractivity contribution >= 4 is 16.9 Å². The van der Waals surface area contributed by atoms with Crippen LogP contribution < -0.4 is 4.74 Å². The molecule has 1 aromatic heterocycles. The lowest BCUT2D eigenvalue weighted by molar-refractivity contribution is 0.0522. The Morgan fingerprint density at radius 3 is 2.84 bits per heavy atom. The van der Waals surface area contributed by atoms with Crippen molar-refractivity contribution in [3.63, 3.8) is 0 Å². The van der Waals surface area contributed by atoms with Gasteiger partial charge in [0.15, 0.2) is 0 Å². The maximum absolute atomic E-state index is 11.8. The van der Waals surface area contributed by atoms with Crippen molar-refractivity contribution in [2.45, 2.75) is 6.92 Å². The van der Waals surface area contributed by atoms with Crippen molar-refractivity contribution < 1.29 is 14.3 Å². The van der Waals surface area contributed by atoms with Crippen LogP contribution in [0.15, 0.2) is 24.3 Å². The van der Waals surface area contributed by atoms with Crippen molar-refractivity contribution in [3.8, 4) is 11.9 Å². The SMILES string of the molecule is CCOC(=O)c1cc2ccc(C#N)cc2nc1OC. The summed E-state index contributed by atoms with van der Waals surface area (Å²) in [6, 6.07) is 8.75. The molecule has 1 aromatic carbocycles. The number of nitrogens with zero attached hydrogens (tertiary/aromatic N) is 2. The van der Waals surface area contributed by atoms with E-state index < -0.39 is 5.97 Å². The second kappa shape index (κ2) is 5.36. The van der Waals surface area contributed by atoms with E-state index in [0.29, 0.717) is 11.1 Å². The van der Waals surface area contributed by atoms with Crippen LogP contribution in [0.3, 0.4) is 0 Å². The fourth-order valence-electron chi connectivity index (χ4n) is 1.73. The lowest BCUT2D eigenvalue weighted by Crippen LogP contribution is -2.08. The van der Waals surface area contributed by atoms with Gasteiger partial charge in [0.2, 0.25) is 5.88 Å². The summed E-state index contributed by atoms with van der Waals surface area (Å²) in [5, 5.41) is 9.61. The van der Waals surface area contributed by atoms with Crippen LogP contribution in [0.4, 0.5) is 0 Å². The zero-order valence-electron chi connectivity index (χ0n) is 10.6. The number of nitriles is 1. The monoisotopic (exact) mass is 256 g/mol. The largest absolute Gasteiger partial charge is 0.480 e. The molecule has 0 fully saturated rings. The number of hydrogen-bond acceptors (Lipinski definition) is 5. The molecule has 19 heavy (non-hydrogen) atoms. The maximum Gasteiger partial charge on any atom is 0.343 e.